The van der Waals surface area contributed by atoms with Gasteiger partial charge in [0.2, 0.25) is 6.29 Å². The molecule has 0 aliphatic carbocycles. The number of benzene rings is 2. The van der Waals surface area contributed by atoms with Crippen LogP contribution < -0.4 is 4.74 Å². The summed E-state index contributed by atoms with van der Waals surface area (Å²) in [5.41, 5.74) is 0. The Morgan fingerprint density at radius 3 is 2.36 bits per heavy atom. The number of ether oxygens (including phenoxy) is 2. The number of hydrogen-bond acceptors (Lipinski definition) is 6. The van der Waals surface area contributed by atoms with Crippen LogP contribution in [0.5, 0.6) is 5.75 Å². The van der Waals surface area contributed by atoms with Gasteiger partial charge in [0.05, 0.1) is 6.61 Å². The second-order valence-electron chi connectivity index (χ2n) is 5.32. The number of aliphatic hydroxyl groups excluding tert-OH is 4. The monoisotopic (exact) mass is 306 g/mol. The van der Waals surface area contributed by atoms with Gasteiger partial charge in [-0.15, -0.1) is 0 Å². The first-order valence-electron chi connectivity index (χ1n) is 7.06. The van der Waals surface area contributed by atoms with E-state index in [9.17, 15) is 15.3 Å². The summed E-state index contributed by atoms with van der Waals surface area (Å²) < 4.78 is 10.9. The minimum atomic E-state index is -1.45. The molecule has 0 amide bonds. The summed E-state index contributed by atoms with van der Waals surface area (Å²) in [6, 6.07) is 13.1. The largest absolute Gasteiger partial charge is 0.462 e. The molecule has 0 saturated carbocycles. The molecule has 3 rings (SSSR count). The molecule has 0 bridgehead atoms. The van der Waals surface area contributed by atoms with Gasteiger partial charge in [0.25, 0.3) is 0 Å². The Morgan fingerprint density at radius 1 is 0.909 bits per heavy atom. The normalized spacial score (nSPS) is 32.1. The van der Waals surface area contributed by atoms with Crippen molar-refractivity contribution in [3.05, 3.63) is 42.5 Å². The van der Waals surface area contributed by atoms with Crippen LogP contribution in [0.3, 0.4) is 0 Å². The highest BCUT2D eigenvalue weighted by Gasteiger charge is 2.44. The van der Waals surface area contributed by atoms with E-state index in [-0.39, 0.29) is 0 Å². The van der Waals surface area contributed by atoms with Gasteiger partial charge < -0.3 is 29.9 Å². The Balaban J connectivity index is 1.80. The number of fused-ring (bicyclic) bond motifs is 1. The lowest BCUT2D eigenvalue weighted by Gasteiger charge is -2.39. The van der Waals surface area contributed by atoms with Crippen molar-refractivity contribution in [1.29, 1.82) is 0 Å². The molecular weight excluding hydrogens is 288 g/mol. The molecule has 0 unspecified atom stereocenters. The SMILES string of the molecule is OC[C@@H]1O[C@@H](Oc2ccc3ccccc3c2)[C@@H](O)[C@@H](O)[C@@H]1O. The van der Waals surface area contributed by atoms with Crippen molar-refractivity contribution in [1.82, 2.24) is 0 Å². The van der Waals surface area contributed by atoms with E-state index in [1.807, 2.05) is 30.3 Å². The number of aliphatic hydroxyl groups is 4. The highest BCUT2D eigenvalue weighted by atomic mass is 16.7. The molecule has 118 valence electrons. The maximum absolute atomic E-state index is 9.95. The van der Waals surface area contributed by atoms with Crippen LogP contribution in [-0.4, -0.2) is 57.7 Å². The molecule has 6 nitrogen and oxygen atoms in total. The van der Waals surface area contributed by atoms with Gasteiger partial charge in [-0.3, -0.25) is 0 Å². The molecule has 22 heavy (non-hydrogen) atoms. The molecule has 1 saturated heterocycles. The van der Waals surface area contributed by atoms with Gasteiger partial charge in [-0.1, -0.05) is 30.3 Å². The molecule has 5 atom stereocenters. The molecule has 2 aromatic carbocycles. The van der Waals surface area contributed by atoms with Crippen LogP contribution in [0, 0.1) is 0 Å². The fourth-order valence-electron chi connectivity index (χ4n) is 2.54. The smallest absolute Gasteiger partial charge is 0.229 e. The Morgan fingerprint density at radius 2 is 1.64 bits per heavy atom. The summed E-state index contributed by atoms with van der Waals surface area (Å²) in [4.78, 5) is 0. The van der Waals surface area contributed by atoms with Crippen molar-refractivity contribution in [3.63, 3.8) is 0 Å². The minimum Gasteiger partial charge on any atom is -0.462 e. The van der Waals surface area contributed by atoms with E-state index in [4.69, 9.17) is 14.6 Å². The Labute approximate surface area is 127 Å². The van der Waals surface area contributed by atoms with Crippen molar-refractivity contribution in [2.75, 3.05) is 6.61 Å². The van der Waals surface area contributed by atoms with E-state index < -0.39 is 37.3 Å². The highest BCUT2D eigenvalue weighted by Crippen LogP contribution is 2.26. The van der Waals surface area contributed by atoms with Crippen LogP contribution in [0.4, 0.5) is 0 Å². The third-order valence-electron chi connectivity index (χ3n) is 3.82. The zero-order valence-corrected chi connectivity index (χ0v) is 11.7. The molecule has 1 fully saturated rings. The molecule has 0 spiro atoms. The third-order valence-corrected chi connectivity index (χ3v) is 3.82. The van der Waals surface area contributed by atoms with Crippen LogP contribution in [0.15, 0.2) is 42.5 Å². The van der Waals surface area contributed by atoms with Crippen LogP contribution in [0.25, 0.3) is 10.8 Å². The lowest BCUT2D eigenvalue weighted by atomic mass is 9.99. The van der Waals surface area contributed by atoms with Crippen LogP contribution >= 0.6 is 0 Å². The van der Waals surface area contributed by atoms with Crippen molar-refractivity contribution < 1.29 is 29.9 Å². The minimum absolute atomic E-state index is 0.461. The predicted molar refractivity (Wildman–Crippen MR) is 78.3 cm³/mol. The summed E-state index contributed by atoms with van der Waals surface area (Å²) in [6.45, 7) is -0.484. The van der Waals surface area contributed by atoms with Crippen molar-refractivity contribution in [2.24, 2.45) is 0 Å². The fourth-order valence-corrected chi connectivity index (χ4v) is 2.54. The average Bonchev–Trinajstić information content (AvgIpc) is 2.55. The van der Waals surface area contributed by atoms with Gasteiger partial charge in [-0.2, -0.15) is 0 Å². The first-order chi connectivity index (χ1) is 10.6. The molecule has 2 aromatic rings. The van der Waals surface area contributed by atoms with Crippen LogP contribution in [0.1, 0.15) is 0 Å². The fraction of sp³-hybridized carbons (Fsp3) is 0.375. The average molecular weight is 306 g/mol. The second-order valence-corrected chi connectivity index (χ2v) is 5.32. The highest BCUT2D eigenvalue weighted by molar-refractivity contribution is 5.83. The van der Waals surface area contributed by atoms with Crippen molar-refractivity contribution in [2.45, 2.75) is 30.7 Å². The maximum atomic E-state index is 9.95. The van der Waals surface area contributed by atoms with Crippen molar-refractivity contribution >= 4 is 10.8 Å². The van der Waals surface area contributed by atoms with E-state index >= 15 is 0 Å². The van der Waals surface area contributed by atoms with E-state index in [2.05, 4.69) is 0 Å². The maximum Gasteiger partial charge on any atom is 0.229 e. The third kappa shape index (κ3) is 2.79. The molecule has 0 aromatic heterocycles. The first kappa shape index (κ1) is 15.2. The summed E-state index contributed by atoms with van der Waals surface area (Å²) in [6.07, 6.45) is -6.40. The van der Waals surface area contributed by atoms with E-state index in [0.717, 1.165) is 10.8 Å². The summed E-state index contributed by atoms with van der Waals surface area (Å²) >= 11 is 0. The molecule has 1 aliphatic heterocycles. The molecule has 1 heterocycles. The van der Waals surface area contributed by atoms with Gasteiger partial charge in [-0.05, 0) is 22.9 Å². The molecular formula is C16H18O6. The summed E-state index contributed by atoms with van der Waals surface area (Å²) in [5.74, 6) is 0.461. The van der Waals surface area contributed by atoms with Gasteiger partial charge in [0.15, 0.2) is 0 Å². The van der Waals surface area contributed by atoms with Gasteiger partial charge in [-0.25, -0.2) is 0 Å². The topological polar surface area (TPSA) is 99.4 Å². The lowest BCUT2D eigenvalue weighted by molar-refractivity contribution is -0.277. The molecule has 6 heteroatoms. The van der Waals surface area contributed by atoms with Gasteiger partial charge >= 0.3 is 0 Å². The molecule has 4 N–H and O–H groups in total. The van der Waals surface area contributed by atoms with Gasteiger partial charge in [0, 0.05) is 0 Å². The second kappa shape index (κ2) is 6.20. The Kier molecular flexibility index (Phi) is 4.28. The van der Waals surface area contributed by atoms with E-state index in [0.29, 0.717) is 5.75 Å². The molecule has 0 radical (unpaired) electrons. The lowest BCUT2D eigenvalue weighted by Crippen LogP contribution is -2.60. The predicted octanol–water partition coefficient (Wildman–Crippen LogP) is 0.0185. The van der Waals surface area contributed by atoms with Crippen LogP contribution in [-0.2, 0) is 4.74 Å². The standard InChI is InChI=1S/C16H18O6/c17-8-12-13(18)14(19)15(20)16(22-12)21-11-6-5-9-3-1-2-4-10(9)7-11/h1-7,12-20H,8H2/t12-,13+,14-,15-,16+/m0/s1. The zero-order valence-electron chi connectivity index (χ0n) is 11.7. The first-order valence-corrected chi connectivity index (χ1v) is 7.06. The summed E-state index contributed by atoms with van der Waals surface area (Å²) in [5, 5.41) is 40.6. The number of rotatable bonds is 3. The number of hydrogen-bond donors (Lipinski definition) is 4. The zero-order chi connectivity index (χ0) is 15.7. The Bertz CT molecular complexity index is 643. The van der Waals surface area contributed by atoms with E-state index in [1.165, 1.54) is 0 Å². The molecule has 1 aliphatic rings. The summed E-state index contributed by atoms with van der Waals surface area (Å²) in [7, 11) is 0. The van der Waals surface area contributed by atoms with Crippen molar-refractivity contribution in [3.8, 4) is 5.75 Å². The van der Waals surface area contributed by atoms with Gasteiger partial charge in [0.1, 0.15) is 30.2 Å². The van der Waals surface area contributed by atoms with E-state index in [1.54, 1.807) is 12.1 Å². The Hall–Kier alpha value is -1.70. The quantitative estimate of drug-likeness (QED) is 0.638. The van der Waals surface area contributed by atoms with Crippen LogP contribution in [0.2, 0.25) is 0 Å².